The Labute approximate surface area is 92.4 Å². The zero-order valence-corrected chi connectivity index (χ0v) is 9.21. The van der Waals surface area contributed by atoms with Crippen LogP contribution < -0.4 is 15.8 Å². The van der Waals surface area contributed by atoms with Gasteiger partial charge in [0.1, 0.15) is 5.02 Å². The highest BCUT2D eigenvalue weighted by Gasteiger charge is 2.25. The molecule has 0 spiro atoms. The summed E-state index contributed by atoms with van der Waals surface area (Å²) in [5, 5.41) is 9.49. The molecule has 1 aromatic heterocycles. The number of H-pyrrole nitrogens is 1. The molecule has 2 rings (SSSR count). The van der Waals surface area contributed by atoms with E-state index in [-0.39, 0.29) is 10.6 Å². The molecule has 2 heterocycles. The summed E-state index contributed by atoms with van der Waals surface area (Å²) in [6, 6.07) is 0.413. The normalized spacial score (nSPS) is 16.1. The van der Waals surface area contributed by atoms with Gasteiger partial charge in [0.25, 0.3) is 5.56 Å². The van der Waals surface area contributed by atoms with E-state index >= 15 is 0 Å². The minimum atomic E-state index is -0.333. The van der Waals surface area contributed by atoms with Gasteiger partial charge in [0.05, 0.1) is 17.9 Å². The predicted octanol–water partition coefficient (Wildman–Crippen LogP) is 0.221. The topological polar surface area (TPSA) is 61.0 Å². The largest absolute Gasteiger partial charge is 0.364 e. The predicted molar refractivity (Wildman–Crippen MR) is 59.5 cm³/mol. The van der Waals surface area contributed by atoms with Crippen LogP contribution in [0.4, 0.5) is 5.69 Å². The van der Waals surface area contributed by atoms with Gasteiger partial charge in [0.2, 0.25) is 0 Å². The molecule has 0 bridgehead atoms. The minimum absolute atomic E-state index is 0.221. The lowest BCUT2D eigenvalue weighted by Crippen LogP contribution is -2.57. The molecule has 0 aromatic carbocycles. The third kappa shape index (κ3) is 1.85. The van der Waals surface area contributed by atoms with Crippen molar-refractivity contribution in [2.45, 2.75) is 13.0 Å². The van der Waals surface area contributed by atoms with Crippen molar-refractivity contribution in [3.63, 3.8) is 0 Å². The van der Waals surface area contributed by atoms with Crippen molar-refractivity contribution in [3.05, 3.63) is 21.6 Å². The number of likely N-dealkylation sites (N-methyl/N-ethyl adjacent to an activating group) is 1. The van der Waals surface area contributed by atoms with E-state index in [4.69, 9.17) is 11.6 Å². The number of halogens is 1. The average Bonchev–Trinajstić information content (AvgIpc) is 2.16. The van der Waals surface area contributed by atoms with E-state index in [0.29, 0.717) is 6.04 Å². The van der Waals surface area contributed by atoms with E-state index in [9.17, 15) is 4.79 Å². The molecule has 1 aliphatic heterocycles. The fraction of sp³-hybridized carbons (Fsp3) is 0.556. The molecule has 0 saturated carbocycles. The summed E-state index contributed by atoms with van der Waals surface area (Å²) in [5.74, 6) is 0. The van der Waals surface area contributed by atoms with Gasteiger partial charge in [-0.2, -0.15) is 5.10 Å². The fourth-order valence-electron chi connectivity index (χ4n) is 1.69. The Morgan fingerprint density at radius 2 is 2.40 bits per heavy atom. The maximum absolute atomic E-state index is 11.3. The van der Waals surface area contributed by atoms with Gasteiger partial charge in [0.15, 0.2) is 0 Å². The second-order valence-corrected chi connectivity index (χ2v) is 3.87. The lowest BCUT2D eigenvalue weighted by molar-refractivity contribution is 0.417. The summed E-state index contributed by atoms with van der Waals surface area (Å²) in [5.41, 5.74) is 0.384. The van der Waals surface area contributed by atoms with Crippen molar-refractivity contribution in [3.8, 4) is 0 Å². The standard InChI is InChI=1S/C9H13ClN4O/c1-2-14(6-3-11-4-6)7-5-12-13-9(15)8(7)10/h5-6,11H,2-4H2,1H3,(H,13,15). The molecular formula is C9H13ClN4O. The lowest BCUT2D eigenvalue weighted by atomic mass is 10.1. The Balaban J connectivity index is 2.33. The fourth-order valence-corrected chi connectivity index (χ4v) is 1.89. The van der Waals surface area contributed by atoms with E-state index in [1.54, 1.807) is 6.20 Å². The third-order valence-electron chi connectivity index (χ3n) is 2.63. The molecule has 0 atom stereocenters. The van der Waals surface area contributed by atoms with Crippen LogP contribution in [0.2, 0.25) is 5.02 Å². The van der Waals surface area contributed by atoms with Gasteiger partial charge in [-0.1, -0.05) is 11.6 Å². The van der Waals surface area contributed by atoms with E-state index in [2.05, 4.69) is 20.4 Å². The van der Waals surface area contributed by atoms with Crippen LogP contribution in [0.3, 0.4) is 0 Å². The molecule has 0 amide bonds. The van der Waals surface area contributed by atoms with Gasteiger partial charge in [0, 0.05) is 19.6 Å². The first kappa shape index (κ1) is 10.4. The van der Waals surface area contributed by atoms with Gasteiger partial charge in [-0.25, -0.2) is 5.10 Å². The number of aromatic nitrogens is 2. The number of nitrogens with zero attached hydrogens (tertiary/aromatic N) is 2. The lowest BCUT2D eigenvalue weighted by Gasteiger charge is -2.39. The zero-order valence-electron chi connectivity index (χ0n) is 8.46. The summed E-state index contributed by atoms with van der Waals surface area (Å²) in [7, 11) is 0. The monoisotopic (exact) mass is 228 g/mol. The summed E-state index contributed by atoms with van der Waals surface area (Å²) in [4.78, 5) is 13.4. The highest BCUT2D eigenvalue weighted by molar-refractivity contribution is 6.33. The van der Waals surface area contributed by atoms with Gasteiger partial charge < -0.3 is 10.2 Å². The Bertz CT molecular complexity index is 401. The number of aromatic amines is 1. The van der Waals surface area contributed by atoms with Gasteiger partial charge >= 0.3 is 0 Å². The number of nitrogens with one attached hydrogen (secondary N) is 2. The van der Waals surface area contributed by atoms with Crippen molar-refractivity contribution in [2.24, 2.45) is 0 Å². The van der Waals surface area contributed by atoms with E-state index in [1.807, 2.05) is 6.92 Å². The third-order valence-corrected chi connectivity index (χ3v) is 2.99. The van der Waals surface area contributed by atoms with E-state index < -0.39 is 0 Å². The highest BCUT2D eigenvalue weighted by Crippen LogP contribution is 2.23. The van der Waals surface area contributed by atoms with Gasteiger partial charge in [-0.15, -0.1) is 0 Å². The molecule has 1 aliphatic rings. The second-order valence-electron chi connectivity index (χ2n) is 3.50. The summed E-state index contributed by atoms with van der Waals surface area (Å²) in [6.45, 7) is 4.71. The van der Waals surface area contributed by atoms with Crippen molar-refractivity contribution < 1.29 is 0 Å². The maximum atomic E-state index is 11.3. The number of anilines is 1. The quantitative estimate of drug-likeness (QED) is 0.777. The Kier molecular flexibility index (Phi) is 2.93. The van der Waals surface area contributed by atoms with Crippen LogP contribution in [0, 0.1) is 0 Å². The molecule has 0 radical (unpaired) electrons. The van der Waals surface area contributed by atoms with Crippen LogP contribution >= 0.6 is 11.6 Å². The first-order valence-corrected chi connectivity index (χ1v) is 5.32. The van der Waals surface area contributed by atoms with Crippen molar-refractivity contribution in [2.75, 3.05) is 24.5 Å². The van der Waals surface area contributed by atoms with E-state index in [0.717, 1.165) is 25.3 Å². The molecule has 15 heavy (non-hydrogen) atoms. The molecule has 1 fully saturated rings. The maximum Gasteiger partial charge on any atom is 0.285 e. The number of hydrogen-bond donors (Lipinski definition) is 2. The Morgan fingerprint density at radius 3 is 2.93 bits per heavy atom. The Hall–Kier alpha value is -1.07. The van der Waals surface area contributed by atoms with Crippen LogP contribution in [-0.2, 0) is 0 Å². The van der Waals surface area contributed by atoms with Gasteiger partial charge in [-0.05, 0) is 6.92 Å². The minimum Gasteiger partial charge on any atom is -0.364 e. The van der Waals surface area contributed by atoms with Crippen LogP contribution in [-0.4, -0.2) is 35.9 Å². The second kappa shape index (κ2) is 4.20. The smallest absolute Gasteiger partial charge is 0.285 e. The first-order chi connectivity index (χ1) is 7.24. The van der Waals surface area contributed by atoms with E-state index in [1.165, 1.54) is 0 Å². The Morgan fingerprint density at radius 1 is 1.67 bits per heavy atom. The number of hydrogen-bond acceptors (Lipinski definition) is 4. The van der Waals surface area contributed by atoms with Gasteiger partial charge in [-0.3, -0.25) is 4.79 Å². The molecule has 0 aliphatic carbocycles. The van der Waals surface area contributed by atoms with Crippen molar-refractivity contribution in [1.82, 2.24) is 15.5 Å². The number of rotatable bonds is 3. The molecule has 5 nitrogen and oxygen atoms in total. The highest BCUT2D eigenvalue weighted by atomic mass is 35.5. The van der Waals surface area contributed by atoms with Crippen molar-refractivity contribution in [1.29, 1.82) is 0 Å². The molecule has 6 heteroatoms. The first-order valence-electron chi connectivity index (χ1n) is 4.94. The average molecular weight is 229 g/mol. The molecule has 0 unspecified atom stereocenters. The summed E-state index contributed by atoms with van der Waals surface area (Å²) >= 11 is 5.95. The SMILES string of the molecule is CCN(c1cn[nH]c(=O)c1Cl)C1CNC1. The van der Waals surface area contributed by atoms with Crippen LogP contribution in [0.25, 0.3) is 0 Å². The molecule has 1 saturated heterocycles. The molecule has 2 N–H and O–H groups in total. The van der Waals surface area contributed by atoms with Crippen LogP contribution in [0.5, 0.6) is 0 Å². The van der Waals surface area contributed by atoms with Crippen molar-refractivity contribution >= 4 is 17.3 Å². The van der Waals surface area contributed by atoms with Crippen LogP contribution in [0.15, 0.2) is 11.0 Å². The molecule has 1 aromatic rings. The molecular weight excluding hydrogens is 216 g/mol. The summed E-state index contributed by atoms with van der Waals surface area (Å²) < 4.78 is 0. The summed E-state index contributed by atoms with van der Waals surface area (Å²) in [6.07, 6.45) is 1.60. The van der Waals surface area contributed by atoms with Crippen LogP contribution in [0.1, 0.15) is 6.92 Å². The molecule has 82 valence electrons. The zero-order chi connectivity index (χ0) is 10.8.